The van der Waals surface area contributed by atoms with Crippen LogP contribution in [0.15, 0.2) is 54.6 Å². The fraction of sp³-hybridized carbons (Fsp3) is 0.250. The lowest BCUT2D eigenvalue weighted by Crippen LogP contribution is -2.26. The Hall–Kier alpha value is -3.25. The SMILES string of the molecule is CN(CCCc1cc(-c2ccccc2)n[nH]1)C(=O)C=Cc1cc(Cl)c2c(c1)OCCO2. The van der Waals surface area contributed by atoms with Gasteiger partial charge in [-0.2, -0.15) is 5.10 Å². The number of fused-ring (bicyclic) bond motifs is 1. The van der Waals surface area contributed by atoms with E-state index in [-0.39, 0.29) is 5.91 Å². The van der Waals surface area contributed by atoms with Gasteiger partial charge in [-0.1, -0.05) is 41.9 Å². The van der Waals surface area contributed by atoms with Crippen LogP contribution in [0.4, 0.5) is 0 Å². The first kappa shape index (κ1) is 21.0. The summed E-state index contributed by atoms with van der Waals surface area (Å²) in [5.41, 5.74) is 3.87. The number of aryl methyl sites for hydroxylation is 1. The van der Waals surface area contributed by atoms with E-state index in [0.717, 1.165) is 35.4 Å². The zero-order valence-electron chi connectivity index (χ0n) is 17.3. The van der Waals surface area contributed by atoms with E-state index in [4.69, 9.17) is 21.1 Å². The molecule has 6 nitrogen and oxygen atoms in total. The number of carbonyl (C=O) groups is 1. The highest BCUT2D eigenvalue weighted by Gasteiger charge is 2.16. The van der Waals surface area contributed by atoms with E-state index >= 15 is 0 Å². The van der Waals surface area contributed by atoms with Gasteiger partial charge in [0, 0.05) is 30.9 Å². The Kier molecular flexibility index (Phi) is 6.57. The molecule has 2 heterocycles. The third-order valence-electron chi connectivity index (χ3n) is 5.05. The Bertz CT molecular complexity index is 1080. The number of aromatic amines is 1. The lowest BCUT2D eigenvalue weighted by Gasteiger charge is -2.19. The number of halogens is 1. The van der Waals surface area contributed by atoms with Crippen LogP contribution < -0.4 is 9.47 Å². The molecule has 0 radical (unpaired) electrons. The summed E-state index contributed by atoms with van der Waals surface area (Å²) in [5, 5.41) is 7.93. The Morgan fingerprint density at radius 3 is 2.84 bits per heavy atom. The number of H-pyrrole nitrogens is 1. The molecule has 1 N–H and O–H groups in total. The van der Waals surface area contributed by atoms with Gasteiger partial charge in [0.25, 0.3) is 0 Å². The number of likely N-dealkylation sites (N-methyl/N-ethyl adjacent to an activating group) is 1. The van der Waals surface area contributed by atoms with Crippen molar-refractivity contribution >= 4 is 23.6 Å². The van der Waals surface area contributed by atoms with E-state index in [0.29, 0.717) is 36.3 Å². The summed E-state index contributed by atoms with van der Waals surface area (Å²) in [4.78, 5) is 14.2. The normalized spacial score (nSPS) is 12.8. The van der Waals surface area contributed by atoms with Gasteiger partial charge in [-0.3, -0.25) is 9.89 Å². The molecule has 0 atom stereocenters. The van der Waals surface area contributed by atoms with Gasteiger partial charge in [0.05, 0.1) is 10.7 Å². The van der Waals surface area contributed by atoms with E-state index in [1.54, 1.807) is 30.2 Å². The van der Waals surface area contributed by atoms with Crippen molar-refractivity contribution in [2.24, 2.45) is 0 Å². The number of rotatable bonds is 7. The van der Waals surface area contributed by atoms with Crippen molar-refractivity contribution in [3.8, 4) is 22.8 Å². The van der Waals surface area contributed by atoms with Crippen LogP contribution in [-0.2, 0) is 11.2 Å². The van der Waals surface area contributed by atoms with Crippen molar-refractivity contribution in [1.29, 1.82) is 0 Å². The fourth-order valence-corrected chi connectivity index (χ4v) is 3.66. The molecule has 0 saturated carbocycles. The molecule has 4 rings (SSSR count). The highest BCUT2D eigenvalue weighted by molar-refractivity contribution is 6.32. The van der Waals surface area contributed by atoms with Gasteiger partial charge in [-0.15, -0.1) is 0 Å². The highest BCUT2D eigenvalue weighted by Crippen LogP contribution is 2.38. The quantitative estimate of drug-likeness (QED) is 0.548. The highest BCUT2D eigenvalue weighted by atomic mass is 35.5. The zero-order valence-corrected chi connectivity index (χ0v) is 18.1. The van der Waals surface area contributed by atoms with E-state index in [2.05, 4.69) is 16.3 Å². The van der Waals surface area contributed by atoms with E-state index < -0.39 is 0 Å². The fourth-order valence-electron chi connectivity index (χ4n) is 3.39. The molecule has 1 amide bonds. The van der Waals surface area contributed by atoms with Crippen molar-refractivity contribution in [1.82, 2.24) is 15.1 Å². The molecule has 0 unspecified atom stereocenters. The molecule has 31 heavy (non-hydrogen) atoms. The predicted molar refractivity (Wildman–Crippen MR) is 121 cm³/mol. The predicted octanol–water partition coefficient (Wildman–Crippen LogP) is 4.61. The third kappa shape index (κ3) is 5.27. The molecule has 2 aromatic carbocycles. The maximum atomic E-state index is 12.5. The first-order valence-corrected chi connectivity index (χ1v) is 10.6. The first-order valence-electron chi connectivity index (χ1n) is 10.2. The second-order valence-corrected chi connectivity index (χ2v) is 7.78. The van der Waals surface area contributed by atoms with E-state index in [1.165, 1.54) is 0 Å². The summed E-state index contributed by atoms with van der Waals surface area (Å²) >= 11 is 6.25. The average Bonchev–Trinajstić information content (AvgIpc) is 3.27. The number of benzene rings is 2. The Balaban J connectivity index is 1.28. The maximum Gasteiger partial charge on any atom is 0.246 e. The van der Waals surface area contributed by atoms with Crippen LogP contribution in [0.3, 0.4) is 0 Å². The van der Waals surface area contributed by atoms with Crippen LogP contribution >= 0.6 is 11.6 Å². The summed E-state index contributed by atoms with van der Waals surface area (Å²) in [6, 6.07) is 15.7. The van der Waals surface area contributed by atoms with Crippen LogP contribution in [0.25, 0.3) is 17.3 Å². The van der Waals surface area contributed by atoms with Crippen LogP contribution in [-0.4, -0.2) is 47.8 Å². The number of carbonyl (C=O) groups excluding carboxylic acids is 1. The van der Waals surface area contributed by atoms with E-state index in [1.807, 2.05) is 36.4 Å². The van der Waals surface area contributed by atoms with Crippen molar-refractivity contribution in [2.45, 2.75) is 12.8 Å². The van der Waals surface area contributed by atoms with Crippen LogP contribution in [0.1, 0.15) is 17.7 Å². The minimum Gasteiger partial charge on any atom is -0.486 e. The third-order valence-corrected chi connectivity index (χ3v) is 5.33. The number of ether oxygens (including phenoxy) is 2. The topological polar surface area (TPSA) is 67.5 Å². The molecule has 0 spiro atoms. The molecule has 0 aliphatic carbocycles. The average molecular weight is 438 g/mol. The lowest BCUT2D eigenvalue weighted by atomic mass is 10.1. The smallest absolute Gasteiger partial charge is 0.246 e. The van der Waals surface area contributed by atoms with Crippen molar-refractivity contribution in [3.05, 3.63) is 70.9 Å². The number of nitrogens with zero attached hydrogens (tertiary/aromatic N) is 2. The second-order valence-electron chi connectivity index (χ2n) is 7.37. The summed E-state index contributed by atoms with van der Waals surface area (Å²) in [7, 11) is 1.80. The summed E-state index contributed by atoms with van der Waals surface area (Å²) < 4.78 is 11.1. The van der Waals surface area contributed by atoms with Gasteiger partial charge >= 0.3 is 0 Å². The van der Waals surface area contributed by atoms with Gasteiger partial charge in [0.15, 0.2) is 11.5 Å². The zero-order chi connectivity index (χ0) is 21.6. The van der Waals surface area contributed by atoms with Gasteiger partial charge in [0.1, 0.15) is 13.2 Å². The Labute approximate surface area is 186 Å². The lowest BCUT2D eigenvalue weighted by molar-refractivity contribution is -0.124. The molecule has 1 aliphatic heterocycles. The van der Waals surface area contributed by atoms with Crippen LogP contribution in [0, 0.1) is 0 Å². The molecule has 1 aromatic heterocycles. The molecular weight excluding hydrogens is 414 g/mol. The largest absolute Gasteiger partial charge is 0.486 e. The maximum absolute atomic E-state index is 12.5. The molecule has 3 aromatic rings. The van der Waals surface area contributed by atoms with Crippen LogP contribution in [0.5, 0.6) is 11.5 Å². The first-order chi connectivity index (χ1) is 15.1. The molecule has 0 fully saturated rings. The molecule has 7 heteroatoms. The van der Waals surface area contributed by atoms with Crippen molar-refractivity contribution < 1.29 is 14.3 Å². The molecular formula is C24H24ClN3O3. The monoisotopic (exact) mass is 437 g/mol. The van der Waals surface area contributed by atoms with Crippen molar-refractivity contribution in [2.75, 3.05) is 26.8 Å². The number of aromatic nitrogens is 2. The summed E-state index contributed by atoms with van der Waals surface area (Å²) in [6.07, 6.45) is 4.94. The minimum absolute atomic E-state index is 0.0689. The van der Waals surface area contributed by atoms with Gasteiger partial charge < -0.3 is 14.4 Å². The summed E-state index contributed by atoms with van der Waals surface area (Å²) in [5.74, 6) is 1.09. The molecule has 160 valence electrons. The standard InChI is InChI=1S/C24H24ClN3O3/c1-28(11-5-8-19-16-21(27-26-19)18-6-3-2-4-7-18)23(29)10-9-17-14-20(25)24-22(15-17)30-12-13-31-24/h2-4,6-7,9-10,14-16H,5,8,11-13H2,1H3,(H,26,27). The van der Waals surface area contributed by atoms with Gasteiger partial charge in [-0.25, -0.2) is 0 Å². The molecule has 1 aliphatic rings. The Morgan fingerprint density at radius 2 is 2.00 bits per heavy atom. The number of hydrogen-bond donors (Lipinski definition) is 1. The number of nitrogens with one attached hydrogen (secondary N) is 1. The summed E-state index contributed by atoms with van der Waals surface area (Å²) in [6.45, 7) is 1.61. The molecule has 0 bridgehead atoms. The van der Waals surface area contributed by atoms with Crippen LogP contribution in [0.2, 0.25) is 5.02 Å². The molecule has 0 saturated heterocycles. The van der Waals surface area contributed by atoms with Crippen molar-refractivity contribution in [3.63, 3.8) is 0 Å². The minimum atomic E-state index is -0.0689. The second kappa shape index (κ2) is 9.71. The number of amides is 1. The Morgan fingerprint density at radius 1 is 1.19 bits per heavy atom. The number of hydrogen-bond acceptors (Lipinski definition) is 4. The van der Waals surface area contributed by atoms with Gasteiger partial charge in [0.2, 0.25) is 5.91 Å². The van der Waals surface area contributed by atoms with E-state index in [9.17, 15) is 4.79 Å². The van der Waals surface area contributed by atoms with Gasteiger partial charge in [-0.05, 0) is 42.7 Å².